The maximum Gasteiger partial charge on any atom is 0.132 e. The van der Waals surface area contributed by atoms with Crippen LogP contribution >= 0.6 is 0 Å². The number of hydrogen-bond donors (Lipinski definition) is 0. The van der Waals surface area contributed by atoms with Gasteiger partial charge in [0.1, 0.15) is 5.78 Å². The molecule has 0 aromatic carbocycles. The first-order chi connectivity index (χ1) is 3.68. The lowest BCUT2D eigenvalue weighted by Crippen LogP contribution is -2.04. The van der Waals surface area contributed by atoms with Crippen LogP contribution in [0.15, 0.2) is 0 Å². The van der Waals surface area contributed by atoms with Gasteiger partial charge in [0.15, 0.2) is 0 Å². The lowest BCUT2D eigenvalue weighted by atomic mass is 10.0. The molecule has 0 saturated carbocycles. The van der Waals surface area contributed by atoms with E-state index in [9.17, 15) is 4.79 Å². The van der Waals surface area contributed by atoms with Crippen molar-refractivity contribution in [3.8, 4) is 0 Å². The van der Waals surface area contributed by atoms with Gasteiger partial charge in [-0.25, -0.2) is 0 Å². The van der Waals surface area contributed by atoms with Crippen LogP contribution in [-0.4, -0.2) is 5.78 Å². The zero-order valence-electron chi connectivity index (χ0n) is 5.90. The van der Waals surface area contributed by atoms with Crippen LogP contribution in [-0.2, 0) is 4.79 Å². The summed E-state index contributed by atoms with van der Waals surface area (Å²) < 4.78 is 0. The Labute approximate surface area is 51.1 Å². The Morgan fingerprint density at radius 1 is 1.62 bits per heavy atom. The van der Waals surface area contributed by atoms with E-state index in [-0.39, 0.29) is 5.92 Å². The van der Waals surface area contributed by atoms with E-state index < -0.39 is 0 Å². The summed E-state index contributed by atoms with van der Waals surface area (Å²) in [5.74, 6) is 0.590. The molecule has 0 radical (unpaired) electrons. The van der Waals surface area contributed by atoms with Crippen LogP contribution in [0.2, 0.25) is 0 Å². The second-order valence-corrected chi connectivity index (χ2v) is 2.30. The Kier molecular flexibility index (Phi) is 3.49. The number of rotatable bonds is 3. The molecular weight excluding hydrogens is 100 g/mol. The van der Waals surface area contributed by atoms with Gasteiger partial charge >= 0.3 is 0 Å². The second-order valence-electron chi connectivity index (χ2n) is 2.30. The summed E-state index contributed by atoms with van der Waals surface area (Å²) in [6.07, 6.45) is 2.15. The van der Waals surface area contributed by atoms with Gasteiger partial charge in [-0.3, -0.25) is 4.79 Å². The highest BCUT2D eigenvalue weighted by atomic mass is 16.1. The van der Waals surface area contributed by atoms with E-state index in [1.54, 1.807) is 6.92 Å². The van der Waals surface area contributed by atoms with Crippen molar-refractivity contribution in [2.45, 2.75) is 33.6 Å². The molecule has 0 bridgehead atoms. The second kappa shape index (κ2) is 3.65. The van der Waals surface area contributed by atoms with Gasteiger partial charge < -0.3 is 0 Å². The van der Waals surface area contributed by atoms with Gasteiger partial charge in [0.25, 0.3) is 0 Å². The number of ketones is 1. The maximum atomic E-state index is 10.5. The third-order valence-electron chi connectivity index (χ3n) is 1.42. The van der Waals surface area contributed by atoms with Gasteiger partial charge in [0.2, 0.25) is 0 Å². The average Bonchev–Trinajstić information content (AvgIpc) is 1.67. The highest BCUT2D eigenvalue weighted by Gasteiger charge is 2.03. The van der Waals surface area contributed by atoms with E-state index in [2.05, 4.69) is 6.92 Å². The monoisotopic (exact) mass is 114 g/mol. The first kappa shape index (κ1) is 7.67. The molecular formula is C7H14O. The fraction of sp³-hybridized carbons (Fsp3) is 0.857. The third-order valence-corrected chi connectivity index (χ3v) is 1.42. The Bertz CT molecular complexity index is 76.5. The van der Waals surface area contributed by atoms with Gasteiger partial charge in [-0.1, -0.05) is 20.3 Å². The molecule has 0 amide bonds. The van der Waals surface area contributed by atoms with Crippen molar-refractivity contribution < 1.29 is 4.79 Å². The molecule has 1 unspecified atom stereocenters. The van der Waals surface area contributed by atoms with Crippen molar-refractivity contribution in [2.75, 3.05) is 0 Å². The zero-order valence-corrected chi connectivity index (χ0v) is 5.90. The summed E-state index contributed by atoms with van der Waals surface area (Å²) >= 11 is 0. The van der Waals surface area contributed by atoms with Crippen LogP contribution in [0, 0.1) is 5.92 Å². The summed E-state index contributed by atoms with van der Waals surface area (Å²) in [5.41, 5.74) is 0. The fourth-order valence-corrected chi connectivity index (χ4v) is 0.636. The van der Waals surface area contributed by atoms with Crippen molar-refractivity contribution in [3.05, 3.63) is 0 Å². The molecule has 48 valence electrons. The van der Waals surface area contributed by atoms with E-state index in [0.717, 1.165) is 12.8 Å². The molecule has 1 nitrogen and oxygen atoms in total. The van der Waals surface area contributed by atoms with E-state index in [4.69, 9.17) is 0 Å². The molecule has 0 aliphatic heterocycles. The van der Waals surface area contributed by atoms with E-state index in [1.807, 2.05) is 6.92 Å². The first-order valence-electron chi connectivity index (χ1n) is 3.19. The molecule has 0 N–H and O–H groups in total. The minimum Gasteiger partial charge on any atom is -0.300 e. The summed E-state index contributed by atoms with van der Waals surface area (Å²) in [7, 11) is 0. The molecule has 0 aliphatic rings. The molecule has 0 saturated heterocycles. The van der Waals surface area contributed by atoms with Gasteiger partial charge in [-0.05, 0) is 13.3 Å². The van der Waals surface area contributed by atoms with Crippen LogP contribution in [0.5, 0.6) is 0 Å². The van der Waals surface area contributed by atoms with Gasteiger partial charge in [0, 0.05) is 5.92 Å². The molecule has 1 heteroatoms. The van der Waals surface area contributed by atoms with Crippen LogP contribution in [0.1, 0.15) is 33.6 Å². The fourth-order valence-electron chi connectivity index (χ4n) is 0.636. The van der Waals surface area contributed by atoms with Crippen molar-refractivity contribution in [1.82, 2.24) is 0 Å². The lowest BCUT2D eigenvalue weighted by Gasteiger charge is -2.01. The summed E-state index contributed by atoms with van der Waals surface area (Å²) in [6.45, 7) is 5.73. The van der Waals surface area contributed by atoms with Crippen molar-refractivity contribution >= 4 is 5.78 Å². The summed E-state index contributed by atoms with van der Waals surface area (Å²) in [6, 6.07) is 0. The number of carbonyl (C=O) groups excluding carboxylic acids is 1. The Balaban J connectivity index is 3.32. The Morgan fingerprint density at radius 2 is 2.12 bits per heavy atom. The predicted octanol–water partition coefficient (Wildman–Crippen LogP) is 2.01. The highest BCUT2D eigenvalue weighted by molar-refractivity contribution is 5.77. The van der Waals surface area contributed by atoms with Gasteiger partial charge in [0.05, 0.1) is 0 Å². The Morgan fingerprint density at radius 3 is 2.25 bits per heavy atom. The van der Waals surface area contributed by atoms with Crippen LogP contribution in [0.3, 0.4) is 0 Å². The van der Waals surface area contributed by atoms with Crippen LogP contribution < -0.4 is 0 Å². The maximum absolute atomic E-state index is 10.5. The molecule has 0 fully saturated rings. The van der Waals surface area contributed by atoms with E-state index >= 15 is 0 Å². The average molecular weight is 114 g/mol. The minimum absolute atomic E-state index is 0.278. The number of carbonyl (C=O) groups is 1. The molecule has 1 atom stereocenters. The molecule has 0 aromatic rings. The molecule has 0 heterocycles. The standard InChI is InChI=1S/C7H14O/c1-4-5-6(2)7(3)8/h6H,4-5H2,1-3H3. The normalized spacial score (nSPS) is 13.4. The van der Waals surface area contributed by atoms with E-state index in [0.29, 0.717) is 5.78 Å². The Hall–Kier alpha value is -0.330. The smallest absolute Gasteiger partial charge is 0.132 e. The number of hydrogen-bond acceptors (Lipinski definition) is 1. The lowest BCUT2D eigenvalue weighted by molar-refractivity contribution is -0.120. The summed E-state index contributed by atoms with van der Waals surface area (Å²) in [4.78, 5) is 10.5. The quantitative estimate of drug-likeness (QED) is 0.548. The van der Waals surface area contributed by atoms with Crippen LogP contribution in [0.25, 0.3) is 0 Å². The van der Waals surface area contributed by atoms with Crippen molar-refractivity contribution in [2.24, 2.45) is 5.92 Å². The van der Waals surface area contributed by atoms with Gasteiger partial charge in [-0.15, -0.1) is 0 Å². The molecule has 0 aliphatic carbocycles. The SMILES string of the molecule is CCCC(C)C(C)=O. The highest BCUT2D eigenvalue weighted by Crippen LogP contribution is 2.04. The molecule has 0 rings (SSSR count). The largest absolute Gasteiger partial charge is 0.300 e. The van der Waals surface area contributed by atoms with Crippen molar-refractivity contribution in [3.63, 3.8) is 0 Å². The predicted molar refractivity (Wildman–Crippen MR) is 34.8 cm³/mol. The van der Waals surface area contributed by atoms with Gasteiger partial charge in [-0.2, -0.15) is 0 Å². The minimum atomic E-state index is 0.278. The number of Topliss-reactive ketones (excluding diaryl/α,β-unsaturated/α-hetero) is 1. The molecule has 0 spiro atoms. The topological polar surface area (TPSA) is 17.1 Å². The van der Waals surface area contributed by atoms with Crippen molar-refractivity contribution in [1.29, 1.82) is 0 Å². The molecule has 0 aromatic heterocycles. The van der Waals surface area contributed by atoms with E-state index in [1.165, 1.54) is 0 Å². The van der Waals surface area contributed by atoms with Crippen LogP contribution in [0.4, 0.5) is 0 Å². The zero-order chi connectivity index (χ0) is 6.57. The summed E-state index contributed by atoms with van der Waals surface area (Å²) in [5, 5.41) is 0. The third kappa shape index (κ3) is 2.78. The first-order valence-corrected chi connectivity index (χ1v) is 3.19. The molecule has 8 heavy (non-hydrogen) atoms.